The molecule has 1 amide bonds. The van der Waals surface area contributed by atoms with Crippen molar-refractivity contribution in [3.8, 4) is 11.3 Å². The molecule has 0 saturated heterocycles. The highest BCUT2D eigenvalue weighted by molar-refractivity contribution is 6.07. The summed E-state index contributed by atoms with van der Waals surface area (Å²) in [4.78, 5) is 28.0. The van der Waals surface area contributed by atoms with Crippen molar-refractivity contribution < 1.29 is 19.1 Å². The van der Waals surface area contributed by atoms with Crippen LogP contribution in [0.3, 0.4) is 0 Å². The summed E-state index contributed by atoms with van der Waals surface area (Å²) in [5.74, 6) is -0.840. The van der Waals surface area contributed by atoms with E-state index < -0.39 is 11.9 Å². The number of carboxylic acids is 1. The molecule has 3 aliphatic rings. The Hall–Kier alpha value is -4.90. The molecule has 1 aliphatic heterocycles. The van der Waals surface area contributed by atoms with Crippen LogP contribution in [-0.2, 0) is 11.2 Å². The van der Waals surface area contributed by atoms with Gasteiger partial charge in [0.25, 0.3) is 0 Å². The monoisotopic (exact) mass is 541 g/mol. The highest BCUT2D eigenvalue weighted by Gasteiger charge is 2.31. The minimum atomic E-state index is -0.972. The van der Waals surface area contributed by atoms with Gasteiger partial charge < -0.3 is 9.52 Å². The lowest BCUT2D eigenvalue weighted by Crippen LogP contribution is -2.32. The number of anilines is 2. The molecule has 3 aromatic rings. The molecule has 0 radical (unpaired) electrons. The number of nitrogens with zero attached hydrogens (tertiary/aromatic N) is 1. The van der Waals surface area contributed by atoms with Gasteiger partial charge in [-0.3, -0.25) is 9.69 Å². The van der Waals surface area contributed by atoms with Crippen molar-refractivity contribution in [1.29, 1.82) is 0 Å². The minimum Gasteiger partial charge on any atom is -0.478 e. The number of aromatic carboxylic acids is 1. The van der Waals surface area contributed by atoms with Crippen molar-refractivity contribution in [3.05, 3.63) is 138 Å². The van der Waals surface area contributed by atoms with E-state index in [1.54, 1.807) is 35.4 Å². The first-order valence-electron chi connectivity index (χ1n) is 14.1. The number of hydrogen-bond donors (Lipinski definition) is 1. The van der Waals surface area contributed by atoms with E-state index in [-0.39, 0.29) is 11.5 Å². The van der Waals surface area contributed by atoms with Crippen LogP contribution in [0.2, 0.25) is 0 Å². The summed E-state index contributed by atoms with van der Waals surface area (Å²) in [5, 5.41) is 9.38. The Bertz CT molecular complexity index is 1650. The second-order valence-electron chi connectivity index (χ2n) is 10.5. The Morgan fingerprint density at radius 2 is 1.61 bits per heavy atom. The molecule has 0 spiro atoms. The molecule has 1 N–H and O–H groups in total. The highest BCUT2D eigenvalue weighted by Crippen LogP contribution is 2.41. The summed E-state index contributed by atoms with van der Waals surface area (Å²) in [6.07, 6.45) is 9.00. The zero-order valence-corrected chi connectivity index (χ0v) is 22.7. The van der Waals surface area contributed by atoms with Crippen LogP contribution < -0.4 is 4.90 Å². The Labute approximate surface area is 239 Å². The van der Waals surface area contributed by atoms with Gasteiger partial charge in [0.05, 0.1) is 23.4 Å². The standard InChI is InChI=1S/C36H31NO4/c38-35(37(30-10-5-2-6-11-30)33-21-22-34-31(33)12-7-23-41-34)32(24-25-13-15-29(16-14-25)36(39)40)28-19-17-27(18-20-28)26-8-3-1-4-9-26/h2,5-8,10-23,32H,1,3-4,9,24H2,(H,39,40). The Morgan fingerprint density at radius 3 is 2.32 bits per heavy atom. The van der Waals surface area contributed by atoms with Gasteiger partial charge in [0.15, 0.2) is 0 Å². The molecule has 0 saturated carbocycles. The molecule has 1 heterocycles. The highest BCUT2D eigenvalue weighted by atomic mass is 16.4. The van der Waals surface area contributed by atoms with Gasteiger partial charge in [-0.2, -0.15) is 0 Å². The van der Waals surface area contributed by atoms with Gasteiger partial charge in [0.2, 0.25) is 5.91 Å². The van der Waals surface area contributed by atoms with Gasteiger partial charge in [-0.25, -0.2) is 4.79 Å². The summed E-state index contributed by atoms with van der Waals surface area (Å²) in [5.41, 5.74) is 6.98. The van der Waals surface area contributed by atoms with Crippen molar-refractivity contribution in [1.82, 2.24) is 0 Å². The third-order valence-corrected chi connectivity index (χ3v) is 7.86. The van der Waals surface area contributed by atoms with Crippen molar-refractivity contribution in [2.75, 3.05) is 4.90 Å². The summed E-state index contributed by atoms with van der Waals surface area (Å²) in [6.45, 7) is 0. The quantitative estimate of drug-likeness (QED) is 0.213. The number of benzene rings is 3. The fourth-order valence-corrected chi connectivity index (χ4v) is 5.69. The van der Waals surface area contributed by atoms with Crippen molar-refractivity contribution in [2.45, 2.75) is 38.0 Å². The van der Waals surface area contributed by atoms with Crippen molar-refractivity contribution >= 4 is 28.8 Å². The molecule has 3 aromatic carbocycles. The number of carbonyl (C=O) groups excluding carboxylic acids is 1. The summed E-state index contributed by atoms with van der Waals surface area (Å²) in [7, 11) is 0. The predicted molar refractivity (Wildman–Crippen MR) is 162 cm³/mol. The van der Waals surface area contributed by atoms with Crippen LogP contribution in [0.25, 0.3) is 16.9 Å². The molecule has 1 unspecified atom stereocenters. The third-order valence-electron chi connectivity index (χ3n) is 7.86. The zero-order chi connectivity index (χ0) is 28.2. The van der Waals surface area contributed by atoms with Crippen LogP contribution >= 0.6 is 0 Å². The Morgan fingerprint density at radius 1 is 0.829 bits per heavy atom. The van der Waals surface area contributed by atoms with Crippen LogP contribution in [0.5, 0.6) is 0 Å². The van der Waals surface area contributed by atoms with Crippen molar-refractivity contribution in [2.24, 2.45) is 0 Å². The van der Waals surface area contributed by atoms with Gasteiger partial charge in [0, 0.05) is 11.3 Å². The maximum absolute atomic E-state index is 14.7. The SMILES string of the molecule is O=C(O)c1ccc(CC(C(=O)N(c2ccccc2)c2ccc3occcc2-3)c2ccc(C3=CCCCC3)cc2)cc1. The largest absolute Gasteiger partial charge is 0.478 e. The molecule has 6 rings (SSSR count). The number of amides is 1. The van der Waals surface area contributed by atoms with Crippen LogP contribution in [0.4, 0.5) is 11.4 Å². The average molecular weight is 542 g/mol. The third kappa shape index (κ3) is 5.57. The maximum atomic E-state index is 14.7. The van der Waals surface area contributed by atoms with E-state index in [2.05, 4.69) is 30.3 Å². The molecule has 204 valence electrons. The number of hydrogen-bond acceptors (Lipinski definition) is 3. The molecular formula is C36H31NO4. The van der Waals surface area contributed by atoms with Gasteiger partial charge in [-0.1, -0.05) is 60.7 Å². The molecule has 0 fully saturated rings. The topological polar surface area (TPSA) is 70.8 Å². The number of fused-ring (bicyclic) bond motifs is 1. The molecule has 2 aliphatic carbocycles. The number of carbonyl (C=O) groups is 2. The molecular weight excluding hydrogens is 510 g/mol. The molecule has 41 heavy (non-hydrogen) atoms. The fourth-order valence-electron chi connectivity index (χ4n) is 5.69. The van der Waals surface area contributed by atoms with E-state index in [0.717, 1.165) is 40.9 Å². The minimum absolute atomic E-state index is 0.0699. The number of rotatable bonds is 8. The van der Waals surface area contributed by atoms with E-state index in [0.29, 0.717) is 12.2 Å². The average Bonchev–Trinajstić information content (AvgIpc) is 3.45. The van der Waals surface area contributed by atoms with Gasteiger partial charge in [-0.15, -0.1) is 0 Å². The molecule has 1 atom stereocenters. The number of carboxylic acid groups (broad SMARTS) is 1. The van der Waals surface area contributed by atoms with Crippen LogP contribution in [0, 0.1) is 0 Å². The van der Waals surface area contributed by atoms with Crippen LogP contribution in [-0.4, -0.2) is 17.0 Å². The first kappa shape index (κ1) is 26.3. The predicted octanol–water partition coefficient (Wildman–Crippen LogP) is 8.73. The summed E-state index contributed by atoms with van der Waals surface area (Å²) >= 11 is 0. The molecule has 5 heteroatoms. The Balaban J connectivity index is 1.42. The second kappa shape index (κ2) is 11.7. The van der Waals surface area contributed by atoms with Crippen LogP contribution in [0.15, 0.2) is 120 Å². The van der Waals surface area contributed by atoms with E-state index in [1.807, 2.05) is 54.6 Å². The van der Waals surface area contributed by atoms with E-state index in [9.17, 15) is 14.7 Å². The van der Waals surface area contributed by atoms with E-state index in [1.165, 1.54) is 24.0 Å². The lowest BCUT2D eigenvalue weighted by molar-refractivity contribution is -0.119. The molecule has 0 bridgehead atoms. The van der Waals surface area contributed by atoms with Crippen LogP contribution in [0.1, 0.15) is 58.6 Å². The number of allylic oxidation sites excluding steroid dienone is 2. The first-order chi connectivity index (χ1) is 20.1. The van der Waals surface area contributed by atoms with E-state index in [4.69, 9.17) is 4.42 Å². The molecule has 0 aromatic heterocycles. The smallest absolute Gasteiger partial charge is 0.335 e. The number of para-hydroxylation sites is 1. The van der Waals surface area contributed by atoms with Gasteiger partial charge in [-0.05, 0) is 103 Å². The van der Waals surface area contributed by atoms with Crippen molar-refractivity contribution in [3.63, 3.8) is 0 Å². The maximum Gasteiger partial charge on any atom is 0.335 e. The summed E-state index contributed by atoms with van der Waals surface area (Å²) in [6, 6.07) is 32.5. The lowest BCUT2D eigenvalue weighted by Gasteiger charge is -2.28. The second-order valence-corrected chi connectivity index (χ2v) is 10.5. The van der Waals surface area contributed by atoms with Gasteiger partial charge in [0.1, 0.15) is 5.76 Å². The van der Waals surface area contributed by atoms with Gasteiger partial charge >= 0.3 is 5.97 Å². The zero-order valence-electron chi connectivity index (χ0n) is 22.7. The normalized spacial score (nSPS) is 13.9. The van der Waals surface area contributed by atoms with E-state index >= 15 is 0 Å². The molecule has 5 nitrogen and oxygen atoms in total. The first-order valence-corrected chi connectivity index (χ1v) is 14.1. The summed E-state index contributed by atoms with van der Waals surface area (Å²) < 4.78 is 5.71. The fraction of sp³-hybridized carbons (Fsp3) is 0.167. The Kier molecular flexibility index (Phi) is 7.50. The lowest BCUT2D eigenvalue weighted by atomic mass is 9.87.